The van der Waals surface area contributed by atoms with Crippen molar-refractivity contribution in [3.8, 4) is 0 Å². The molecule has 2 heterocycles. The second-order valence-corrected chi connectivity index (χ2v) is 7.33. The minimum atomic E-state index is 0.401. The first-order chi connectivity index (χ1) is 12.4. The van der Waals surface area contributed by atoms with E-state index in [2.05, 4.69) is 75.8 Å². The van der Waals surface area contributed by atoms with Gasteiger partial charge in [0.05, 0.1) is 23.5 Å². The topological polar surface area (TPSA) is 27.7 Å². The molecule has 2 fully saturated rings. The van der Waals surface area contributed by atoms with Crippen LogP contribution in [0.1, 0.15) is 43.2 Å². The number of nitrogens with zero attached hydrogens (tertiary/aromatic N) is 3. The zero-order valence-electron chi connectivity index (χ0n) is 14.4. The molecule has 3 aliphatic rings. The first kappa shape index (κ1) is 15.0. The van der Waals surface area contributed by atoms with Gasteiger partial charge in [-0.25, -0.2) is 0 Å². The highest BCUT2D eigenvalue weighted by molar-refractivity contribution is 6.18. The summed E-state index contributed by atoms with van der Waals surface area (Å²) in [5, 5.41) is 9.38. The maximum absolute atomic E-state index is 4.69. The molecule has 0 N–H and O–H groups in total. The normalized spacial score (nSPS) is 28.7. The molecule has 0 amide bonds. The molecule has 1 aliphatic carbocycles. The lowest BCUT2D eigenvalue weighted by Gasteiger charge is -2.24. The van der Waals surface area contributed by atoms with E-state index < -0.39 is 0 Å². The van der Waals surface area contributed by atoms with Gasteiger partial charge in [-0.3, -0.25) is 4.90 Å². The van der Waals surface area contributed by atoms with E-state index in [1.807, 2.05) is 0 Å². The third kappa shape index (κ3) is 2.63. The molecule has 0 spiro atoms. The van der Waals surface area contributed by atoms with E-state index in [9.17, 15) is 0 Å². The van der Waals surface area contributed by atoms with Crippen molar-refractivity contribution >= 4 is 11.4 Å². The molecule has 1 saturated carbocycles. The van der Waals surface area contributed by atoms with E-state index >= 15 is 0 Å². The standard InChI is InChI=1S/C22H23N3/c1-4-10-16(11-5-1)19-21-22(25(21)18-14-8-3-9-15-18)20(24-23-19)17-12-6-2-7-13-17/h1-2,4-7,10-13,18,21-22H,3,8-9,14-15H2. The molecule has 3 heteroatoms. The largest absolute Gasteiger partial charge is 0.279 e. The van der Waals surface area contributed by atoms with Gasteiger partial charge in [0.2, 0.25) is 0 Å². The van der Waals surface area contributed by atoms with Gasteiger partial charge in [-0.2, -0.15) is 10.2 Å². The van der Waals surface area contributed by atoms with Gasteiger partial charge in [-0.15, -0.1) is 0 Å². The second-order valence-electron chi connectivity index (χ2n) is 7.33. The number of hydrogen-bond acceptors (Lipinski definition) is 3. The van der Waals surface area contributed by atoms with E-state index in [1.165, 1.54) is 43.2 Å². The summed E-state index contributed by atoms with van der Waals surface area (Å²) < 4.78 is 0. The van der Waals surface area contributed by atoms with Crippen LogP contribution >= 0.6 is 0 Å². The van der Waals surface area contributed by atoms with Crippen molar-refractivity contribution in [3.63, 3.8) is 0 Å². The van der Waals surface area contributed by atoms with E-state index in [1.54, 1.807) is 0 Å². The fourth-order valence-electron chi connectivity index (χ4n) is 4.56. The number of benzene rings is 2. The Morgan fingerprint density at radius 2 is 1.12 bits per heavy atom. The van der Waals surface area contributed by atoms with Crippen LogP contribution in [0.25, 0.3) is 0 Å². The van der Waals surface area contributed by atoms with Crippen molar-refractivity contribution in [2.24, 2.45) is 10.2 Å². The molecule has 0 bridgehead atoms. The van der Waals surface area contributed by atoms with Crippen LogP contribution in [0.5, 0.6) is 0 Å². The molecular weight excluding hydrogens is 306 g/mol. The third-order valence-electron chi connectivity index (χ3n) is 5.81. The van der Waals surface area contributed by atoms with Crippen LogP contribution in [0.15, 0.2) is 70.9 Å². The van der Waals surface area contributed by atoms with Crippen molar-refractivity contribution in [2.45, 2.75) is 50.2 Å². The molecule has 2 aromatic rings. The first-order valence-corrected chi connectivity index (χ1v) is 9.47. The van der Waals surface area contributed by atoms with Crippen molar-refractivity contribution in [2.75, 3.05) is 0 Å². The summed E-state index contributed by atoms with van der Waals surface area (Å²) in [5.41, 5.74) is 4.73. The molecule has 2 aliphatic heterocycles. The average Bonchev–Trinajstić information content (AvgIpc) is 3.45. The molecule has 0 radical (unpaired) electrons. The van der Waals surface area contributed by atoms with Crippen LogP contribution in [0.4, 0.5) is 0 Å². The van der Waals surface area contributed by atoms with Gasteiger partial charge in [0.1, 0.15) is 0 Å². The van der Waals surface area contributed by atoms with Gasteiger partial charge in [0.25, 0.3) is 0 Å². The minimum Gasteiger partial charge on any atom is -0.279 e. The summed E-state index contributed by atoms with van der Waals surface area (Å²) in [4.78, 5) is 2.68. The average molecular weight is 329 g/mol. The molecule has 1 saturated heterocycles. The van der Waals surface area contributed by atoms with Crippen molar-refractivity contribution in [1.82, 2.24) is 4.90 Å². The molecule has 0 aromatic heterocycles. The summed E-state index contributed by atoms with van der Waals surface area (Å²) in [6, 6.07) is 22.6. The lowest BCUT2D eigenvalue weighted by Crippen LogP contribution is -2.26. The Bertz CT molecular complexity index is 742. The Balaban J connectivity index is 1.53. The van der Waals surface area contributed by atoms with Gasteiger partial charge >= 0.3 is 0 Å². The second kappa shape index (κ2) is 6.23. The van der Waals surface area contributed by atoms with Gasteiger partial charge in [-0.1, -0.05) is 79.9 Å². The predicted octanol–water partition coefficient (Wildman–Crippen LogP) is 4.28. The quantitative estimate of drug-likeness (QED) is 0.772. The molecular formula is C22H23N3. The van der Waals surface area contributed by atoms with Crippen LogP contribution in [-0.2, 0) is 0 Å². The molecule has 5 rings (SSSR count). The smallest absolute Gasteiger partial charge is 0.0894 e. The fraction of sp³-hybridized carbons (Fsp3) is 0.364. The summed E-state index contributed by atoms with van der Waals surface area (Å²) in [6.45, 7) is 0. The highest BCUT2D eigenvalue weighted by atomic mass is 15.4. The van der Waals surface area contributed by atoms with Gasteiger partial charge in [0, 0.05) is 6.04 Å². The monoisotopic (exact) mass is 329 g/mol. The van der Waals surface area contributed by atoms with Crippen molar-refractivity contribution in [1.29, 1.82) is 0 Å². The van der Waals surface area contributed by atoms with Gasteiger partial charge < -0.3 is 0 Å². The minimum absolute atomic E-state index is 0.401. The maximum atomic E-state index is 4.69. The Labute approximate surface area is 149 Å². The summed E-state index contributed by atoms with van der Waals surface area (Å²) >= 11 is 0. The van der Waals surface area contributed by atoms with E-state index in [4.69, 9.17) is 0 Å². The summed E-state index contributed by atoms with van der Waals surface area (Å²) in [5.74, 6) is 0. The van der Waals surface area contributed by atoms with Crippen LogP contribution in [0.2, 0.25) is 0 Å². The van der Waals surface area contributed by atoms with Crippen LogP contribution < -0.4 is 0 Å². The highest BCUT2D eigenvalue weighted by Gasteiger charge is 2.58. The van der Waals surface area contributed by atoms with Gasteiger partial charge in [-0.05, 0) is 24.0 Å². The predicted molar refractivity (Wildman–Crippen MR) is 102 cm³/mol. The Hall–Kier alpha value is -2.26. The third-order valence-corrected chi connectivity index (χ3v) is 5.81. The zero-order chi connectivity index (χ0) is 16.6. The lowest BCUT2D eigenvalue weighted by molar-refractivity contribution is 0.286. The maximum Gasteiger partial charge on any atom is 0.0894 e. The lowest BCUT2D eigenvalue weighted by atomic mass is 9.95. The van der Waals surface area contributed by atoms with Crippen LogP contribution in [-0.4, -0.2) is 34.4 Å². The fourth-order valence-corrected chi connectivity index (χ4v) is 4.56. The van der Waals surface area contributed by atoms with Crippen molar-refractivity contribution < 1.29 is 0 Å². The van der Waals surface area contributed by atoms with Gasteiger partial charge in [0.15, 0.2) is 0 Å². The SMILES string of the molecule is c1ccc(C2=NN=C(c3ccccc3)C3C2N3C2CCCCC2)cc1. The Morgan fingerprint density at radius 1 is 0.640 bits per heavy atom. The summed E-state index contributed by atoms with van der Waals surface area (Å²) in [7, 11) is 0. The van der Waals surface area contributed by atoms with Crippen LogP contribution in [0, 0.1) is 0 Å². The molecule has 25 heavy (non-hydrogen) atoms. The van der Waals surface area contributed by atoms with E-state index in [0.29, 0.717) is 18.1 Å². The van der Waals surface area contributed by atoms with E-state index in [-0.39, 0.29) is 0 Å². The van der Waals surface area contributed by atoms with E-state index in [0.717, 1.165) is 11.4 Å². The zero-order valence-corrected chi connectivity index (χ0v) is 14.4. The molecule has 3 nitrogen and oxygen atoms in total. The molecule has 2 unspecified atom stereocenters. The summed E-state index contributed by atoms with van der Waals surface area (Å²) in [6.07, 6.45) is 6.74. The molecule has 126 valence electrons. The number of hydrogen-bond donors (Lipinski definition) is 0. The first-order valence-electron chi connectivity index (χ1n) is 9.47. The Morgan fingerprint density at radius 3 is 1.60 bits per heavy atom. The van der Waals surface area contributed by atoms with Crippen molar-refractivity contribution in [3.05, 3.63) is 71.8 Å². The molecule has 2 atom stereocenters. The Kier molecular flexibility index (Phi) is 3.75. The number of fused-ring (bicyclic) bond motifs is 1. The van der Waals surface area contributed by atoms with Crippen LogP contribution in [0.3, 0.4) is 0 Å². The highest BCUT2D eigenvalue weighted by Crippen LogP contribution is 2.43. The number of rotatable bonds is 3. The molecule has 2 aromatic carbocycles.